The lowest BCUT2D eigenvalue weighted by molar-refractivity contribution is -0.152. The first-order chi connectivity index (χ1) is 12.8. The molecule has 0 aliphatic carbocycles. The standard InChI is InChI=1S/C22H23NO4/c1-14-10-16(11-15(2)20(14)26-22(3,4)21(24)25)12-18-13-19(27-23-18)17-8-6-5-7-9-17/h5-11,13H,12H2,1-4H3,(H,24,25). The van der Waals surface area contributed by atoms with Gasteiger partial charge in [-0.15, -0.1) is 0 Å². The van der Waals surface area contributed by atoms with E-state index >= 15 is 0 Å². The molecule has 0 saturated heterocycles. The van der Waals surface area contributed by atoms with Gasteiger partial charge in [0.1, 0.15) is 5.75 Å². The SMILES string of the molecule is Cc1cc(Cc2cc(-c3ccccc3)on2)cc(C)c1OC(C)(C)C(=O)O. The Hall–Kier alpha value is -3.08. The molecule has 1 aromatic heterocycles. The first-order valence-corrected chi connectivity index (χ1v) is 8.80. The molecular weight excluding hydrogens is 342 g/mol. The number of carbonyl (C=O) groups is 1. The molecule has 140 valence electrons. The van der Waals surface area contributed by atoms with E-state index in [0.717, 1.165) is 33.7 Å². The first kappa shape index (κ1) is 18.7. The number of nitrogens with zero attached hydrogens (tertiary/aromatic N) is 1. The summed E-state index contributed by atoms with van der Waals surface area (Å²) in [6, 6.07) is 15.8. The molecule has 0 atom stereocenters. The first-order valence-electron chi connectivity index (χ1n) is 8.80. The molecule has 1 N–H and O–H groups in total. The van der Waals surface area contributed by atoms with E-state index in [9.17, 15) is 9.90 Å². The lowest BCUT2D eigenvalue weighted by Gasteiger charge is -2.24. The summed E-state index contributed by atoms with van der Waals surface area (Å²) in [4.78, 5) is 11.3. The number of aromatic nitrogens is 1. The predicted molar refractivity (Wildman–Crippen MR) is 103 cm³/mol. The largest absolute Gasteiger partial charge is 0.478 e. The lowest BCUT2D eigenvalue weighted by Crippen LogP contribution is -2.38. The summed E-state index contributed by atoms with van der Waals surface area (Å²) in [5.74, 6) is 0.347. The number of rotatable bonds is 6. The minimum atomic E-state index is -1.28. The summed E-state index contributed by atoms with van der Waals surface area (Å²) in [5.41, 5.74) is 3.40. The van der Waals surface area contributed by atoms with E-state index in [1.807, 2.05) is 62.4 Å². The summed E-state index contributed by atoms with van der Waals surface area (Å²) in [5, 5.41) is 13.5. The van der Waals surface area contributed by atoms with Crippen molar-refractivity contribution in [2.75, 3.05) is 0 Å². The molecule has 3 aromatic rings. The summed E-state index contributed by atoms with van der Waals surface area (Å²) >= 11 is 0. The minimum absolute atomic E-state index is 0.608. The molecule has 0 radical (unpaired) electrons. The van der Waals surface area contributed by atoms with Crippen LogP contribution in [0.25, 0.3) is 11.3 Å². The van der Waals surface area contributed by atoms with Gasteiger partial charge in [-0.2, -0.15) is 0 Å². The minimum Gasteiger partial charge on any atom is -0.478 e. The number of ether oxygens (including phenoxy) is 1. The van der Waals surface area contributed by atoms with Crippen LogP contribution in [0, 0.1) is 13.8 Å². The van der Waals surface area contributed by atoms with E-state index in [4.69, 9.17) is 9.26 Å². The fourth-order valence-corrected chi connectivity index (χ4v) is 2.94. The van der Waals surface area contributed by atoms with E-state index in [-0.39, 0.29) is 0 Å². The Morgan fingerprint density at radius 1 is 1.11 bits per heavy atom. The fraction of sp³-hybridized carbons (Fsp3) is 0.273. The van der Waals surface area contributed by atoms with Crippen LogP contribution in [-0.4, -0.2) is 21.8 Å². The van der Waals surface area contributed by atoms with Crippen LogP contribution in [0.4, 0.5) is 0 Å². The summed E-state index contributed by atoms with van der Waals surface area (Å²) in [6.07, 6.45) is 0.626. The molecule has 3 rings (SSSR count). The zero-order chi connectivity index (χ0) is 19.6. The lowest BCUT2D eigenvalue weighted by atomic mass is 10.0. The highest BCUT2D eigenvalue weighted by atomic mass is 16.5. The van der Waals surface area contributed by atoms with E-state index in [0.29, 0.717) is 12.2 Å². The molecule has 5 nitrogen and oxygen atoms in total. The zero-order valence-electron chi connectivity index (χ0n) is 15.9. The molecule has 0 unspecified atom stereocenters. The third-order valence-corrected chi connectivity index (χ3v) is 4.39. The second-order valence-electron chi connectivity index (χ2n) is 7.20. The topological polar surface area (TPSA) is 72.6 Å². The molecule has 0 fully saturated rings. The van der Waals surface area contributed by atoms with Crippen molar-refractivity contribution >= 4 is 5.97 Å². The highest BCUT2D eigenvalue weighted by Crippen LogP contribution is 2.30. The zero-order valence-corrected chi connectivity index (χ0v) is 15.9. The quantitative estimate of drug-likeness (QED) is 0.680. The van der Waals surface area contributed by atoms with Gasteiger partial charge in [0.25, 0.3) is 0 Å². The Morgan fingerprint density at radius 2 is 1.74 bits per heavy atom. The molecule has 0 amide bonds. The van der Waals surface area contributed by atoms with Crippen molar-refractivity contribution in [3.05, 3.63) is 70.9 Å². The van der Waals surface area contributed by atoms with Gasteiger partial charge in [0, 0.05) is 18.1 Å². The van der Waals surface area contributed by atoms with Gasteiger partial charge >= 0.3 is 5.97 Å². The second-order valence-corrected chi connectivity index (χ2v) is 7.20. The van der Waals surface area contributed by atoms with Crippen LogP contribution < -0.4 is 4.74 Å². The van der Waals surface area contributed by atoms with E-state index < -0.39 is 11.6 Å². The molecule has 0 spiro atoms. The van der Waals surface area contributed by atoms with Crippen molar-refractivity contribution < 1.29 is 19.2 Å². The second kappa shape index (κ2) is 7.27. The number of hydrogen-bond acceptors (Lipinski definition) is 4. The molecular formula is C22H23NO4. The van der Waals surface area contributed by atoms with Crippen molar-refractivity contribution in [3.63, 3.8) is 0 Å². The van der Waals surface area contributed by atoms with E-state index in [1.54, 1.807) is 13.8 Å². The molecule has 1 heterocycles. The average Bonchev–Trinajstić information content (AvgIpc) is 3.07. The van der Waals surface area contributed by atoms with Gasteiger partial charge in [-0.05, 0) is 44.4 Å². The van der Waals surface area contributed by atoms with Crippen LogP contribution >= 0.6 is 0 Å². The van der Waals surface area contributed by atoms with Crippen LogP contribution in [-0.2, 0) is 11.2 Å². The number of aliphatic carboxylic acids is 1. The highest BCUT2D eigenvalue weighted by molar-refractivity contribution is 5.77. The molecule has 27 heavy (non-hydrogen) atoms. The predicted octanol–water partition coefficient (Wildman–Crippen LogP) is 4.79. The molecule has 0 bridgehead atoms. The number of carboxylic acid groups (broad SMARTS) is 1. The molecule has 0 aliphatic rings. The van der Waals surface area contributed by atoms with E-state index in [2.05, 4.69) is 5.16 Å². The summed E-state index contributed by atoms with van der Waals surface area (Å²) < 4.78 is 11.2. The molecule has 2 aromatic carbocycles. The maximum Gasteiger partial charge on any atom is 0.347 e. The molecule has 0 saturated carbocycles. The number of aryl methyl sites for hydroxylation is 2. The van der Waals surface area contributed by atoms with Gasteiger partial charge in [-0.25, -0.2) is 4.79 Å². The van der Waals surface area contributed by atoms with Crippen LogP contribution in [0.5, 0.6) is 5.75 Å². The Labute approximate surface area is 158 Å². The summed E-state index contributed by atoms with van der Waals surface area (Å²) in [7, 11) is 0. The average molecular weight is 365 g/mol. The van der Waals surface area contributed by atoms with Crippen LogP contribution in [0.1, 0.15) is 36.2 Å². The Kier molecular flexibility index (Phi) is 5.04. The summed E-state index contributed by atoms with van der Waals surface area (Å²) in [6.45, 7) is 6.93. The number of benzene rings is 2. The molecule has 5 heteroatoms. The normalized spacial score (nSPS) is 11.4. The van der Waals surface area contributed by atoms with Gasteiger partial charge in [-0.3, -0.25) is 0 Å². The van der Waals surface area contributed by atoms with Crippen LogP contribution in [0.2, 0.25) is 0 Å². The monoisotopic (exact) mass is 365 g/mol. The fourth-order valence-electron chi connectivity index (χ4n) is 2.94. The van der Waals surface area contributed by atoms with Gasteiger partial charge in [0.2, 0.25) is 0 Å². The third-order valence-electron chi connectivity index (χ3n) is 4.39. The van der Waals surface area contributed by atoms with Crippen LogP contribution in [0.3, 0.4) is 0 Å². The Balaban J connectivity index is 1.81. The smallest absolute Gasteiger partial charge is 0.347 e. The van der Waals surface area contributed by atoms with Crippen molar-refractivity contribution in [1.82, 2.24) is 5.16 Å². The van der Waals surface area contributed by atoms with Crippen molar-refractivity contribution in [1.29, 1.82) is 0 Å². The van der Waals surface area contributed by atoms with Crippen LogP contribution in [0.15, 0.2) is 53.1 Å². The van der Waals surface area contributed by atoms with E-state index in [1.165, 1.54) is 0 Å². The molecule has 0 aliphatic heterocycles. The van der Waals surface area contributed by atoms with Crippen molar-refractivity contribution in [2.45, 2.75) is 39.7 Å². The Bertz CT molecular complexity index is 934. The van der Waals surface area contributed by atoms with Gasteiger partial charge in [0.15, 0.2) is 11.4 Å². The maximum absolute atomic E-state index is 11.3. The maximum atomic E-state index is 11.3. The third kappa shape index (κ3) is 4.19. The van der Waals surface area contributed by atoms with Gasteiger partial charge in [0.05, 0.1) is 5.69 Å². The highest BCUT2D eigenvalue weighted by Gasteiger charge is 2.30. The number of carboxylic acids is 1. The van der Waals surface area contributed by atoms with Crippen molar-refractivity contribution in [3.8, 4) is 17.1 Å². The number of hydrogen-bond donors (Lipinski definition) is 1. The Morgan fingerprint density at radius 3 is 2.33 bits per heavy atom. The van der Waals surface area contributed by atoms with Gasteiger partial charge < -0.3 is 14.4 Å². The van der Waals surface area contributed by atoms with Crippen molar-refractivity contribution in [2.24, 2.45) is 0 Å². The van der Waals surface area contributed by atoms with Gasteiger partial charge in [-0.1, -0.05) is 47.6 Å².